The summed E-state index contributed by atoms with van der Waals surface area (Å²) in [4.78, 5) is 12.6. The summed E-state index contributed by atoms with van der Waals surface area (Å²) in [5.74, 6) is -3.14. The number of carbonyl (C=O) groups excluding carboxylic acids is 1. The molecule has 4 nitrogen and oxygen atoms in total. The molecule has 3 aromatic carbocycles. The van der Waals surface area contributed by atoms with Crippen LogP contribution in [0.1, 0.15) is 94.8 Å². The number of halogens is 4. The highest BCUT2D eigenvalue weighted by molar-refractivity contribution is 5.91. The zero-order valence-corrected chi connectivity index (χ0v) is 25.1. The van der Waals surface area contributed by atoms with E-state index < -0.39 is 29.6 Å². The summed E-state index contributed by atoms with van der Waals surface area (Å²) in [5.41, 5.74) is -0.103. The van der Waals surface area contributed by atoms with E-state index in [9.17, 15) is 22.4 Å². The van der Waals surface area contributed by atoms with Crippen LogP contribution in [0.3, 0.4) is 0 Å². The van der Waals surface area contributed by atoms with Gasteiger partial charge in [-0.1, -0.05) is 71.6 Å². The van der Waals surface area contributed by atoms with Crippen LogP contribution in [0.5, 0.6) is 17.2 Å². The number of alkyl halides is 1. The van der Waals surface area contributed by atoms with E-state index in [1.165, 1.54) is 55.7 Å². The Bertz CT molecular complexity index is 1300. The molecule has 8 heteroatoms. The van der Waals surface area contributed by atoms with E-state index in [-0.39, 0.29) is 34.8 Å². The molecule has 0 aliphatic carbocycles. The Morgan fingerprint density at radius 1 is 0.674 bits per heavy atom. The van der Waals surface area contributed by atoms with Crippen molar-refractivity contribution in [2.24, 2.45) is 0 Å². The van der Waals surface area contributed by atoms with Gasteiger partial charge >= 0.3 is 5.97 Å². The van der Waals surface area contributed by atoms with Gasteiger partial charge in [-0.05, 0) is 55.3 Å². The Balaban J connectivity index is 1.53. The van der Waals surface area contributed by atoms with Gasteiger partial charge in [-0.3, -0.25) is 0 Å². The van der Waals surface area contributed by atoms with Gasteiger partial charge < -0.3 is 14.2 Å². The van der Waals surface area contributed by atoms with E-state index in [1.807, 2.05) is 0 Å². The monoisotopic (exact) mass is 602 g/mol. The Kier molecular flexibility index (Phi) is 14.4. The summed E-state index contributed by atoms with van der Waals surface area (Å²) in [7, 11) is 0. The third kappa shape index (κ3) is 11.2. The largest absolute Gasteiger partial charge is 0.493 e. The molecular weight excluding hydrogens is 560 g/mol. The SMILES string of the molecule is CCCCCCCCOc1ccc(-c2ccc(OC(=O)c3ccc(OC[C@@H](F)CCCCCC)c(F)c3)cc2F)c(F)c1. The summed E-state index contributed by atoms with van der Waals surface area (Å²) in [6.45, 7) is 4.44. The van der Waals surface area contributed by atoms with Gasteiger partial charge in [-0.25, -0.2) is 22.4 Å². The van der Waals surface area contributed by atoms with Gasteiger partial charge in [0.2, 0.25) is 0 Å². The van der Waals surface area contributed by atoms with Crippen molar-refractivity contribution in [3.63, 3.8) is 0 Å². The maximum atomic E-state index is 14.9. The predicted octanol–water partition coefficient (Wildman–Crippen LogP) is 10.4. The highest BCUT2D eigenvalue weighted by Gasteiger charge is 2.17. The third-order valence-corrected chi connectivity index (χ3v) is 7.11. The lowest BCUT2D eigenvalue weighted by molar-refractivity contribution is 0.0733. The summed E-state index contributed by atoms with van der Waals surface area (Å²) >= 11 is 0. The number of ether oxygens (including phenoxy) is 3. The number of hydrogen-bond donors (Lipinski definition) is 0. The molecule has 1 atom stereocenters. The average molecular weight is 603 g/mol. The second-order valence-electron chi connectivity index (χ2n) is 10.7. The summed E-state index contributed by atoms with van der Waals surface area (Å²) in [6.07, 6.45) is 9.59. The van der Waals surface area contributed by atoms with Crippen molar-refractivity contribution >= 4 is 5.97 Å². The minimum absolute atomic E-state index is 0.0103. The molecule has 0 saturated carbocycles. The van der Waals surface area contributed by atoms with Crippen LogP contribution in [0.2, 0.25) is 0 Å². The van der Waals surface area contributed by atoms with Crippen LogP contribution in [0, 0.1) is 17.5 Å². The molecule has 0 amide bonds. The van der Waals surface area contributed by atoms with Crippen LogP contribution >= 0.6 is 0 Å². The smallest absolute Gasteiger partial charge is 0.343 e. The fourth-order valence-corrected chi connectivity index (χ4v) is 4.62. The first kappa shape index (κ1) is 33.9. The molecule has 3 aromatic rings. The average Bonchev–Trinajstić information content (AvgIpc) is 2.99. The second-order valence-corrected chi connectivity index (χ2v) is 10.7. The molecule has 0 N–H and O–H groups in total. The molecule has 234 valence electrons. The highest BCUT2D eigenvalue weighted by Crippen LogP contribution is 2.31. The molecule has 43 heavy (non-hydrogen) atoms. The minimum Gasteiger partial charge on any atom is -0.493 e. The zero-order chi connectivity index (χ0) is 31.0. The lowest BCUT2D eigenvalue weighted by Gasteiger charge is -2.12. The first-order valence-corrected chi connectivity index (χ1v) is 15.3. The van der Waals surface area contributed by atoms with Gasteiger partial charge in [-0.2, -0.15) is 0 Å². The molecule has 0 bridgehead atoms. The van der Waals surface area contributed by atoms with Gasteiger partial charge in [0.15, 0.2) is 11.6 Å². The molecule has 0 radical (unpaired) electrons. The Morgan fingerprint density at radius 3 is 1.93 bits per heavy atom. The maximum absolute atomic E-state index is 14.9. The fraction of sp³-hybridized carbons (Fsp3) is 0.457. The molecule has 0 heterocycles. The van der Waals surface area contributed by atoms with Gasteiger partial charge in [0.1, 0.15) is 35.9 Å². The molecule has 0 fully saturated rings. The minimum atomic E-state index is -1.21. The number of rotatable bonds is 19. The lowest BCUT2D eigenvalue weighted by Crippen LogP contribution is -2.14. The molecule has 0 aliphatic rings. The first-order chi connectivity index (χ1) is 20.8. The summed E-state index contributed by atoms with van der Waals surface area (Å²) < 4.78 is 74.4. The van der Waals surface area contributed by atoms with E-state index in [2.05, 4.69) is 13.8 Å². The van der Waals surface area contributed by atoms with Crippen molar-refractivity contribution in [2.75, 3.05) is 13.2 Å². The van der Waals surface area contributed by atoms with Crippen molar-refractivity contribution in [2.45, 2.75) is 90.6 Å². The molecule has 0 aliphatic heterocycles. The van der Waals surface area contributed by atoms with Crippen LogP contribution in [-0.2, 0) is 0 Å². The highest BCUT2D eigenvalue weighted by atomic mass is 19.1. The zero-order valence-electron chi connectivity index (χ0n) is 25.1. The topological polar surface area (TPSA) is 44.8 Å². The van der Waals surface area contributed by atoms with E-state index >= 15 is 0 Å². The van der Waals surface area contributed by atoms with Crippen LogP contribution < -0.4 is 14.2 Å². The quantitative estimate of drug-likeness (QED) is 0.0593. The molecule has 0 saturated heterocycles. The van der Waals surface area contributed by atoms with Gasteiger partial charge in [-0.15, -0.1) is 0 Å². The summed E-state index contributed by atoms with van der Waals surface area (Å²) in [6, 6.07) is 11.3. The Labute approximate surface area is 252 Å². The molecule has 0 aromatic heterocycles. The van der Waals surface area contributed by atoms with Crippen molar-refractivity contribution in [3.8, 4) is 28.4 Å². The van der Waals surface area contributed by atoms with Gasteiger partial charge in [0.05, 0.1) is 12.2 Å². The fourth-order valence-electron chi connectivity index (χ4n) is 4.62. The number of hydrogen-bond acceptors (Lipinski definition) is 4. The number of unbranched alkanes of at least 4 members (excludes halogenated alkanes) is 8. The van der Waals surface area contributed by atoms with Gasteiger partial charge in [0, 0.05) is 23.3 Å². The van der Waals surface area contributed by atoms with Crippen LogP contribution in [0.15, 0.2) is 54.6 Å². The molecule has 3 rings (SSSR count). The van der Waals surface area contributed by atoms with Crippen LogP contribution in [-0.4, -0.2) is 25.4 Å². The predicted molar refractivity (Wildman–Crippen MR) is 161 cm³/mol. The number of esters is 1. The third-order valence-electron chi connectivity index (χ3n) is 7.11. The van der Waals surface area contributed by atoms with E-state index in [1.54, 1.807) is 6.07 Å². The standard InChI is InChI=1S/C35H42F4O4/c1-3-5-7-9-10-12-20-41-27-15-17-29(31(37)22-27)30-18-16-28(23-32(30)38)43-35(40)25-14-19-34(33(39)21-25)42-24-26(36)13-11-8-6-4-2/h14-19,21-23,26H,3-13,20,24H2,1-2H3/t26-/m0/s1. The molecular formula is C35H42F4O4. The number of carbonyl (C=O) groups is 1. The van der Waals surface area contributed by atoms with E-state index in [4.69, 9.17) is 14.2 Å². The van der Waals surface area contributed by atoms with Crippen molar-refractivity contribution in [3.05, 3.63) is 77.6 Å². The molecule has 0 unspecified atom stereocenters. The lowest BCUT2D eigenvalue weighted by atomic mass is 10.0. The number of benzene rings is 3. The molecule has 0 spiro atoms. The summed E-state index contributed by atoms with van der Waals surface area (Å²) in [5, 5.41) is 0. The maximum Gasteiger partial charge on any atom is 0.343 e. The van der Waals surface area contributed by atoms with Crippen molar-refractivity contribution < 1.29 is 36.6 Å². The van der Waals surface area contributed by atoms with Crippen molar-refractivity contribution in [1.82, 2.24) is 0 Å². The Morgan fingerprint density at radius 2 is 1.28 bits per heavy atom. The van der Waals surface area contributed by atoms with Crippen LogP contribution in [0.4, 0.5) is 17.6 Å². The first-order valence-electron chi connectivity index (χ1n) is 15.3. The normalized spacial score (nSPS) is 11.8. The Hall–Kier alpha value is -3.55. The van der Waals surface area contributed by atoms with Crippen LogP contribution in [0.25, 0.3) is 11.1 Å². The van der Waals surface area contributed by atoms with Crippen molar-refractivity contribution in [1.29, 1.82) is 0 Å². The van der Waals surface area contributed by atoms with E-state index in [0.29, 0.717) is 18.8 Å². The van der Waals surface area contributed by atoms with E-state index in [0.717, 1.165) is 57.1 Å². The second kappa shape index (κ2) is 18.2. The van der Waals surface area contributed by atoms with Gasteiger partial charge in [0.25, 0.3) is 0 Å².